The van der Waals surface area contributed by atoms with Gasteiger partial charge in [0.1, 0.15) is 12.4 Å². The summed E-state index contributed by atoms with van der Waals surface area (Å²) in [4.78, 5) is 38.8. The Morgan fingerprint density at radius 1 is 1.15 bits per heavy atom. The van der Waals surface area contributed by atoms with Crippen LogP contribution in [0.2, 0.25) is 0 Å². The molecule has 0 unspecified atom stereocenters. The summed E-state index contributed by atoms with van der Waals surface area (Å²) in [6.45, 7) is 0.175. The highest BCUT2D eigenvalue weighted by Crippen LogP contribution is 2.52. The Labute approximate surface area is 156 Å². The minimum absolute atomic E-state index is 0.146. The highest BCUT2D eigenvalue weighted by Gasteiger charge is 2.59. The minimum Gasteiger partial charge on any atom is -0.354 e. The Morgan fingerprint density at radius 2 is 1.81 bits per heavy atom. The highest BCUT2D eigenvalue weighted by atomic mass is 19.1. The largest absolute Gasteiger partial charge is 0.354 e. The molecule has 3 amide bonds. The highest BCUT2D eigenvalue weighted by molar-refractivity contribution is 6.08. The smallest absolute Gasteiger partial charge is 0.240 e. The average molecular weight is 368 g/mol. The fourth-order valence-corrected chi connectivity index (χ4v) is 5.12. The van der Waals surface area contributed by atoms with Crippen molar-refractivity contribution in [3.63, 3.8) is 0 Å². The summed E-state index contributed by atoms with van der Waals surface area (Å²) in [5.41, 5.74) is 0.657. The van der Waals surface area contributed by atoms with Crippen LogP contribution in [-0.2, 0) is 19.8 Å². The van der Waals surface area contributed by atoms with Gasteiger partial charge in [0.25, 0.3) is 0 Å². The van der Waals surface area contributed by atoms with Crippen LogP contribution >= 0.6 is 0 Å². The summed E-state index contributed by atoms with van der Waals surface area (Å²) in [6.07, 6.45) is 6.73. The second-order valence-corrected chi connectivity index (χ2v) is 8.33. The van der Waals surface area contributed by atoms with Crippen molar-refractivity contribution < 1.29 is 18.8 Å². The van der Waals surface area contributed by atoms with Gasteiger partial charge in [-0.2, -0.15) is 0 Å². The molecular weight excluding hydrogens is 347 g/mol. The number of imide groups is 1. The predicted molar refractivity (Wildman–Crippen MR) is 94.8 cm³/mol. The van der Waals surface area contributed by atoms with Gasteiger partial charge in [0.05, 0.1) is 11.8 Å². The quantitative estimate of drug-likeness (QED) is 0.636. The zero-order valence-electron chi connectivity index (χ0n) is 14.9. The molecule has 2 saturated carbocycles. The molecule has 2 bridgehead atoms. The number of carbonyl (C=O) groups excluding carboxylic acids is 3. The normalized spacial score (nSPS) is 32.1. The second kappa shape index (κ2) is 5.75. The van der Waals surface area contributed by atoms with Crippen molar-refractivity contribution in [1.29, 1.82) is 0 Å². The number of fused-ring (bicyclic) bond motifs is 5. The van der Waals surface area contributed by atoms with E-state index in [2.05, 4.69) is 5.32 Å². The molecule has 5 nitrogen and oxygen atoms in total. The average Bonchev–Trinajstić information content (AvgIpc) is 3.06. The van der Waals surface area contributed by atoms with Crippen molar-refractivity contribution in [3.05, 3.63) is 47.8 Å². The second-order valence-electron chi connectivity index (χ2n) is 8.33. The van der Waals surface area contributed by atoms with Crippen LogP contribution in [0.25, 0.3) is 0 Å². The van der Waals surface area contributed by atoms with Crippen molar-refractivity contribution in [2.75, 3.05) is 13.1 Å². The Morgan fingerprint density at radius 3 is 2.41 bits per heavy atom. The van der Waals surface area contributed by atoms with E-state index in [9.17, 15) is 18.8 Å². The lowest BCUT2D eigenvalue weighted by molar-refractivity contribution is -0.144. The number of nitrogens with one attached hydrogen (secondary N) is 1. The third-order valence-electron chi connectivity index (χ3n) is 6.78. The first-order valence-corrected chi connectivity index (χ1v) is 9.55. The van der Waals surface area contributed by atoms with Crippen molar-refractivity contribution in [1.82, 2.24) is 10.2 Å². The lowest BCUT2D eigenvalue weighted by Gasteiger charge is -2.20. The van der Waals surface area contributed by atoms with Crippen LogP contribution in [0.3, 0.4) is 0 Å². The first kappa shape index (κ1) is 16.7. The molecule has 1 aromatic carbocycles. The summed E-state index contributed by atoms with van der Waals surface area (Å²) in [5, 5.41) is 2.85. The summed E-state index contributed by atoms with van der Waals surface area (Å²) < 4.78 is 13.5. The monoisotopic (exact) mass is 368 g/mol. The fraction of sp³-hybridized carbons (Fsp3) is 0.476. The summed E-state index contributed by atoms with van der Waals surface area (Å²) in [7, 11) is 0. The maximum absolute atomic E-state index is 13.5. The molecule has 1 N–H and O–H groups in total. The third kappa shape index (κ3) is 2.53. The molecule has 1 aliphatic heterocycles. The van der Waals surface area contributed by atoms with Gasteiger partial charge in [-0.05, 0) is 48.8 Å². The fourth-order valence-electron chi connectivity index (χ4n) is 5.12. The van der Waals surface area contributed by atoms with Crippen LogP contribution in [0.1, 0.15) is 24.8 Å². The van der Waals surface area contributed by atoms with E-state index < -0.39 is 0 Å². The van der Waals surface area contributed by atoms with E-state index in [0.29, 0.717) is 6.54 Å². The molecule has 4 atom stereocenters. The van der Waals surface area contributed by atoms with Crippen LogP contribution in [-0.4, -0.2) is 35.7 Å². The number of likely N-dealkylation sites (tertiary alicyclic amines) is 1. The standard InChI is InChI=1S/C21H21FN2O3/c22-15-3-1-2-14(9-15)21(6-7-21)11-23-16(25)10-24-19(26)17-12-4-5-13(8-12)18(17)20(24)27/h1-5,9,12-13,17-18H,6-8,10-11H2,(H,23,25)/t12-,13-,17+,18+/m0/s1. The number of halogens is 1. The maximum Gasteiger partial charge on any atom is 0.240 e. The van der Waals surface area contributed by atoms with E-state index in [4.69, 9.17) is 0 Å². The summed E-state index contributed by atoms with van der Waals surface area (Å²) in [5.74, 6) is -1.29. The molecule has 5 rings (SSSR count). The van der Waals surface area contributed by atoms with E-state index in [-0.39, 0.29) is 59.2 Å². The Bertz CT molecular complexity index is 846. The van der Waals surface area contributed by atoms with Crippen molar-refractivity contribution in [2.45, 2.75) is 24.7 Å². The minimum atomic E-state index is -0.334. The van der Waals surface area contributed by atoms with Crippen molar-refractivity contribution >= 4 is 17.7 Å². The van der Waals surface area contributed by atoms with Crippen LogP contribution < -0.4 is 5.32 Å². The number of carbonyl (C=O) groups is 3. The van der Waals surface area contributed by atoms with E-state index >= 15 is 0 Å². The number of benzene rings is 1. The number of hydrogen-bond donors (Lipinski definition) is 1. The van der Waals surface area contributed by atoms with Gasteiger partial charge in [-0.1, -0.05) is 24.3 Å². The topological polar surface area (TPSA) is 66.5 Å². The molecule has 1 heterocycles. The third-order valence-corrected chi connectivity index (χ3v) is 6.78. The zero-order valence-corrected chi connectivity index (χ0v) is 14.9. The molecule has 4 aliphatic rings. The number of amides is 3. The number of rotatable bonds is 5. The number of hydrogen-bond acceptors (Lipinski definition) is 3. The van der Waals surface area contributed by atoms with Crippen LogP contribution in [0.4, 0.5) is 4.39 Å². The van der Waals surface area contributed by atoms with E-state index in [1.165, 1.54) is 12.1 Å². The van der Waals surface area contributed by atoms with Gasteiger partial charge in [-0.25, -0.2) is 4.39 Å². The maximum atomic E-state index is 13.5. The molecule has 0 radical (unpaired) electrons. The lowest BCUT2D eigenvalue weighted by atomic mass is 9.85. The molecule has 27 heavy (non-hydrogen) atoms. The van der Waals surface area contributed by atoms with Gasteiger partial charge in [-0.15, -0.1) is 0 Å². The molecule has 1 aromatic rings. The Kier molecular flexibility index (Phi) is 3.55. The zero-order chi connectivity index (χ0) is 18.8. The van der Waals surface area contributed by atoms with Gasteiger partial charge in [0.15, 0.2) is 0 Å². The number of allylic oxidation sites excluding steroid dienone is 2. The van der Waals surface area contributed by atoms with Crippen molar-refractivity contribution in [2.24, 2.45) is 23.7 Å². The SMILES string of the molecule is O=C(CN1C(=O)[C@H]2[C@H](C1=O)[C@H]1C=C[C@H]2C1)NCC1(c2cccc(F)c2)CC1. The molecule has 6 heteroatoms. The number of nitrogens with zero attached hydrogens (tertiary/aromatic N) is 1. The van der Waals surface area contributed by atoms with Gasteiger partial charge in [0, 0.05) is 12.0 Å². The first-order chi connectivity index (χ1) is 13.0. The van der Waals surface area contributed by atoms with Gasteiger partial charge in [0.2, 0.25) is 17.7 Å². The summed E-state index contributed by atoms with van der Waals surface area (Å²) in [6, 6.07) is 6.47. The molecule has 1 saturated heterocycles. The molecule has 3 fully saturated rings. The predicted octanol–water partition coefficient (Wildman–Crippen LogP) is 1.78. The van der Waals surface area contributed by atoms with Gasteiger partial charge >= 0.3 is 0 Å². The van der Waals surface area contributed by atoms with Gasteiger partial charge in [-0.3, -0.25) is 19.3 Å². The molecule has 3 aliphatic carbocycles. The first-order valence-electron chi connectivity index (χ1n) is 9.55. The van der Waals surface area contributed by atoms with E-state index in [1.54, 1.807) is 6.07 Å². The lowest BCUT2D eigenvalue weighted by Crippen LogP contribution is -2.43. The van der Waals surface area contributed by atoms with Crippen LogP contribution in [0, 0.1) is 29.5 Å². The Balaban J connectivity index is 1.22. The van der Waals surface area contributed by atoms with E-state index in [0.717, 1.165) is 29.7 Å². The van der Waals surface area contributed by atoms with E-state index in [1.807, 2.05) is 18.2 Å². The van der Waals surface area contributed by atoms with Gasteiger partial charge < -0.3 is 5.32 Å². The Hall–Kier alpha value is -2.50. The van der Waals surface area contributed by atoms with Crippen LogP contribution in [0.5, 0.6) is 0 Å². The van der Waals surface area contributed by atoms with Crippen molar-refractivity contribution in [3.8, 4) is 0 Å². The van der Waals surface area contributed by atoms with Crippen LogP contribution in [0.15, 0.2) is 36.4 Å². The molecule has 0 aromatic heterocycles. The molecule has 0 spiro atoms. The molecule has 140 valence electrons. The summed E-state index contributed by atoms with van der Waals surface area (Å²) >= 11 is 0. The molecular formula is C21H21FN2O3.